The van der Waals surface area contributed by atoms with Crippen molar-refractivity contribution in [1.29, 1.82) is 0 Å². The molecule has 13 heteroatoms. The number of allylic oxidation sites excluding steroid dienone is 1. The summed E-state index contributed by atoms with van der Waals surface area (Å²) in [7, 11) is 0. The molecule has 0 saturated heterocycles. The highest BCUT2D eigenvalue weighted by Gasteiger charge is 2.39. The van der Waals surface area contributed by atoms with Crippen molar-refractivity contribution in [2.75, 3.05) is 13.1 Å². The first kappa shape index (κ1) is 29.8. The van der Waals surface area contributed by atoms with E-state index >= 15 is 0 Å². The molecule has 0 aromatic heterocycles. The SMILES string of the molecule is Cc1cc(/C=C/C(c2cc(Cl)c(Cl)c(Cl)c2)C(F)(F)F)ccc1C(=O)NCCC(=O)NCC(F)(F)F. The van der Waals surface area contributed by atoms with Gasteiger partial charge in [0.05, 0.1) is 21.0 Å². The summed E-state index contributed by atoms with van der Waals surface area (Å²) in [5, 5.41) is 3.80. The number of aryl methyl sites for hydroxylation is 1. The van der Waals surface area contributed by atoms with Crippen LogP contribution in [0.15, 0.2) is 36.4 Å². The molecule has 0 saturated carbocycles. The third-order valence-corrected chi connectivity index (χ3v) is 6.01. The number of amides is 2. The van der Waals surface area contributed by atoms with Crippen LogP contribution in [0, 0.1) is 6.92 Å². The Morgan fingerprint density at radius 3 is 2.11 bits per heavy atom. The molecule has 2 aromatic rings. The maximum Gasteiger partial charge on any atom is 0.405 e. The fourth-order valence-electron chi connectivity index (χ4n) is 3.09. The van der Waals surface area contributed by atoms with E-state index in [9.17, 15) is 35.9 Å². The van der Waals surface area contributed by atoms with Crippen molar-refractivity contribution in [2.24, 2.45) is 0 Å². The van der Waals surface area contributed by atoms with Crippen molar-refractivity contribution >= 4 is 52.7 Å². The second kappa shape index (κ2) is 12.2. The number of alkyl halides is 6. The third kappa shape index (κ3) is 8.90. The molecule has 2 amide bonds. The summed E-state index contributed by atoms with van der Waals surface area (Å²) in [6.45, 7) is -0.119. The van der Waals surface area contributed by atoms with Gasteiger partial charge in [0.2, 0.25) is 5.91 Å². The van der Waals surface area contributed by atoms with E-state index in [4.69, 9.17) is 34.8 Å². The smallest absolute Gasteiger partial charge is 0.352 e. The van der Waals surface area contributed by atoms with Gasteiger partial charge >= 0.3 is 12.4 Å². The highest BCUT2D eigenvalue weighted by atomic mass is 35.5. The molecule has 0 bridgehead atoms. The molecule has 0 spiro atoms. The van der Waals surface area contributed by atoms with E-state index in [1.807, 2.05) is 0 Å². The van der Waals surface area contributed by atoms with Gasteiger partial charge in [-0.2, -0.15) is 26.3 Å². The lowest BCUT2D eigenvalue weighted by Gasteiger charge is -2.18. The number of nitrogens with one attached hydrogen (secondary N) is 2. The normalized spacial score (nSPS) is 13.1. The minimum Gasteiger partial charge on any atom is -0.352 e. The molecule has 1 unspecified atom stereocenters. The number of carbonyl (C=O) groups is 2. The average molecular weight is 576 g/mol. The highest BCUT2D eigenvalue weighted by Crippen LogP contribution is 2.41. The first-order chi connectivity index (χ1) is 16.6. The van der Waals surface area contributed by atoms with Gasteiger partial charge in [-0.25, -0.2) is 0 Å². The Labute approximate surface area is 217 Å². The van der Waals surface area contributed by atoms with Crippen molar-refractivity contribution in [3.63, 3.8) is 0 Å². The monoisotopic (exact) mass is 574 g/mol. The molecule has 2 rings (SSSR count). The van der Waals surface area contributed by atoms with Crippen LogP contribution in [0.25, 0.3) is 6.08 Å². The van der Waals surface area contributed by atoms with Gasteiger partial charge in [-0.3, -0.25) is 9.59 Å². The lowest BCUT2D eigenvalue weighted by molar-refractivity contribution is -0.139. The number of halogens is 9. The molecule has 2 aromatic carbocycles. The van der Waals surface area contributed by atoms with E-state index in [1.54, 1.807) is 12.2 Å². The zero-order chi connectivity index (χ0) is 27.3. The van der Waals surface area contributed by atoms with E-state index in [0.717, 1.165) is 18.2 Å². The molecule has 1 atom stereocenters. The van der Waals surface area contributed by atoms with Crippen molar-refractivity contribution in [1.82, 2.24) is 10.6 Å². The molecule has 36 heavy (non-hydrogen) atoms. The summed E-state index contributed by atoms with van der Waals surface area (Å²) in [5.41, 5.74) is 0.782. The van der Waals surface area contributed by atoms with Crippen LogP contribution in [0.5, 0.6) is 0 Å². The van der Waals surface area contributed by atoms with E-state index in [1.165, 1.54) is 24.3 Å². The van der Waals surface area contributed by atoms with Gasteiger partial charge in [0.1, 0.15) is 6.54 Å². The molecule has 0 aliphatic rings. The minimum atomic E-state index is -4.65. The van der Waals surface area contributed by atoms with Crippen LogP contribution in [0.1, 0.15) is 39.4 Å². The van der Waals surface area contributed by atoms with Crippen molar-refractivity contribution < 1.29 is 35.9 Å². The standard InChI is InChI=1S/C23H19Cl3F6N2O2/c1-12-8-13(2-4-15(12)21(36)33-7-6-19(35)34-11-22(27,28)29)3-5-16(23(30,31)32)14-9-17(24)20(26)18(25)10-14/h2-5,8-10,16H,6-7,11H2,1H3,(H,33,36)(H,34,35)/b5-3+. The average Bonchev–Trinajstić information content (AvgIpc) is 2.74. The predicted molar refractivity (Wildman–Crippen MR) is 126 cm³/mol. The predicted octanol–water partition coefficient (Wildman–Crippen LogP) is 7.11. The zero-order valence-corrected chi connectivity index (χ0v) is 20.7. The minimum absolute atomic E-state index is 0.0570. The van der Waals surface area contributed by atoms with Crippen molar-refractivity contribution in [3.05, 3.63) is 73.7 Å². The summed E-state index contributed by atoms with van der Waals surface area (Å²) in [6, 6.07) is 6.45. The Hall–Kier alpha value is -2.43. The second-order valence-corrected chi connectivity index (χ2v) is 8.84. The summed E-state index contributed by atoms with van der Waals surface area (Å²) < 4.78 is 77.4. The fourth-order valence-corrected chi connectivity index (χ4v) is 3.70. The summed E-state index contributed by atoms with van der Waals surface area (Å²) in [4.78, 5) is 23.7. The summed E-state index contributed by atoms with van der Waals surface area (Å²) in [5.74, 6) is -3.51. The third-order valence-electron chi connectivity index (χ3n) is 4.82. The Balaban J connectivity index is 2.09. The zero-order valence-electron chi connectivity index (χ0n) is 18.5. The van der Waals surface area contributed by atoms with Crippen LogP contribution >= 0.6 is 34.8 Å². The maximum absolute atomic E-state index is 13.7. The number of rotatable bonds is 8. The summed E-state index contributed by atoms with van der Waals surface area (Å²) >= 11 is 17.6. The van der Waals surface area contributed by atoms with Crippen molar-refractivity contribution in [2.45, 2.75) is 31.6 Å². The molecule has 0 aliphatic heterocycles. The Kier molecular flexibility index (Phi) is 10.1. The number of hydrogen-bond acceptors (Lipinski definition) is 2. The lowest BCUT2D eigenvalue weighted by atomic mass is 9.96. The Morgan fingerprint density at radius 2 is 1.58 bits per heavy atom. The molecule has 0 aliphatic carbocycles. The summed E-state index contributed by atoms with van der Waals surface area (Å²) in [6.07, 6.45) is -7.41. The second-order valence-electron chi connectivity index (χ2n) is 7.65. The van der Waals surface area contributed by atoms with E-state index in [-0.39, 0.29) is 39.2 Å². The molecule has 0 fully saturated rings. The number of hydrogen-bond donors (Lipinski definition) is 2. The van der Waals surface area contributed by atoms with Gasteiger partial charge in [0.15, 0.2) is 0 Å². The maximum atomic E-state index is 13.7. The molecule has 0 heterocycles. The van der Waals surface area contributed by atoms with Gasteiger partial charge in [0.25, 0.3) is 5.91 Å². The van der Waals surface area contributed by atoms with Crippen LogP contribution in [-0.2, 0) is 4.79 Å². The highest BCUT2D eigenvalue weighted by molar-refractivity contribution is 6.48. The van der Waals surface area contributed by atoms with Crippen LogP contribution < -0.4 is 10.6 Å². The van der Waals surface area contributed by atoms with Gasteiger partial charge in [-0.1, -0.05) is 59.1 Å². The van der Waals surface area contributed by atoms with Gasteiger partial charge in [-0.05, 0) is 41.8 Å². The largest absolute Gasteiger partial charge is 0.405 e. The van der Waals surface area contributed by atoms with Gasteiger partial charge < -0.3 is 10.6 Å². The quantitative estimate of drug-likeness (QED) is 0.260. The lowest BCUT2D eigenvalue weighted by Crippen LogP contribution is -2.36. The topological polar surface area (TPSA) is 58.2 Å². The van der Waals surface area contributed by atoms with E-state index in [0.29, 0.717) is 11.1 Å². The molecule has 196 valence electrons. The molecular formula is C23H19Cl3F6N2O2. The Bertz CT molecular complexity index is 1130. The first-order valence-corrected chi connectivity index (χ1v) is 11.3. The molecule has 2 N–H and O–H groups in total. The van der Waals surface area contributed by atoms with E-state index < -0.39 is 36.6 Å². The van der Waals surface area contributed by atoms with Gasteiger partial charge in [-0.15, -0.1) is 0 Å². The molecule has 4 nitrogen and oxygen atoms in total. The van der Waals surface area contributed by atoms with Crippen LogP contribution in [-0.4, -0.2) is 37.3 Å². The first-order valence-electron chi connectivity index (χ1n) is 10.2. The van der Waals surface area contributed by atoms with Crippen LogP contribution in [0.4, 0.5) is 26.3 Å². The molecular weight excluding hydrogens is 557 g/mol. The van der Waals surface area contributed by atoms with Crippen molar-refractivity contribution in [3.8, 4) is 0 Å². The van der Waals surface area contributed by atoms with Crippen LogP contribution in [0.3, 0.4) is 0 Å². The fraction of sp³-hybridized carbons (Fsp3) is 0.304. The number of carbonyl (C=O) groups excluding carboxylic acids is 2. The number of benzene rings is 2. The van der Waals surface area contributed by atoms with Crippen LogP contribution in [0.2, 0.25) is 15.1 Å². The van der Waals surface area contributed by atoms with Gasteiger partial charge in [0, 0.05) is 18.5 Å². The van der Waals surface area contributed by atoms with E-state index in [2.05, 4.69) is 5.32 Å². The Morgan fingerprint density at radius 1 is 0.972 bits per heavy atom. The molecule has 0 radical (unpaired) electrons.